The zero-order chi connectivity index (χ0) is 12.9. The van der Waals surface area contributed by atoms with Crippen molar-refractivity contribution in [2.75, 3.05) is 19.7 Å². The average Bonchev–Trinajstić information content (AvgIpc) is 2.76. The molecule has 1 aliphatic heterocycles. The molecule has 1 fully saturated rings. The maximum Gasteiger partial charge on any atom is 0.337 e. The zero-order valence-corrected chi connectivity index (χ0v) is 9.73. The van der Waals surface area contributed by atoms with E-state index in [-0.39, 0.29) is 12.6 Å². The van der Waals surface area contributed by atoms with Crippen molar-refractivity contribution in [2.45, 2.75) is 31.5 Å². The van der Waals surface area contributed by atoms with Gasteiger partial charge in [-0.1, -0.05) is 0 Å². The Hall–Kier alpha value is -1.34. The quantitative estimate of drug-likeness (QED) is 0.513. The van der Waals surface area contributed by atoms with E-state index in [0.29, 0.717) is 13.2 Å². The smallest absolute Gasteiger partial charge is 0.337 e. The van der Waals surface area contributed by atoms with Gasteiger partial charge in [-0.2, -0.15) is 0 Å². The standard InChI is InChI=1S/C10H18N2O5/c1-10(16,8(13)14)6-12-9(15)11-5-7-3-2-4-17-7/h7,16H,2-6H2,1H3,(H,13,14)(H2,11,12,15). The number of carbonyl (C=O) groups is 2. The summed E-state index contributed by atoms with van der Waals surface area (Å²) >= 11 is 0. The van der Waals surface area contributed by atoms with E-state index in [1.54, 1.807) is 0 Å². The lowest BCUT2D eigenvalue weighted by molar-refractivity contribution is -0.155. The maximum absolute atomic E-state index is 11.3. The van der Waals surface area contributed by atoms with Crippen LogP contribution in [0.4, 0.5) is 4.79 Å². The number of rotatable bonds is 5. The topological polar surface area (TPSA) is 108 Å². The molecular formula is C10H18N2O5. The predicted molar refractivity (Wildman–Crippen MR) is 58.6 cm³/mol. The van der Waals surface area contributed by atoms with Crippen molar-refractivity contribution in [3.8, 4) is 0 Å². The molecule has 1 rings (SSSR count). The molecule has 1 aliphatic rings. The van der Waals surface area contributed by atoms with Crippen LogP contribution in [0.3, 0.4) is 0 Å². The number of aliphatic hydroxyl groups is 1. The van der Waals surface area contributed by atoms with Crippen molar-refractivity contribution in [1.29, 1.82) is 0 Å². The minimum absolute atomic E-state index is 0.0285. The third kappa shape index (κ3) is 4.58. The number of hydrogen-bond acceptors (Lipinski definition) is 4. The highest BCUT2D eigenvalue weighted by molar-refractivity contribution is 5.79. The highest BCUT2D eigenvalue weighted by atomic mass is 16.5. The molecule has 0 saturated carbocycles. The number of aliphatic carboxylic acids is 1. The van der Waals surface area contributed by atoms with Crippen molar-refractivity contribution in [3.63, 3.8) is 0 Å². The Morgan fingerprint density at radius 3 is 2.71 bits per heavy atom. The summed E-state index contributed by atoms with van der Waals surface area (Å²) in [7, 11) is 0. The monoisotopic (exact) mass is 246 g/mol. The summed E-state index contributed by atoms with van der Waals surface area (Å²) in [4.78, 5) is 21.8. The number of urea groups is 1. The van der Waals surface area contributed by atoms with E-state index in [9.17, 15) is 14.7 Å². The van der Waals surface area contributed by atoms with Crippen LogP contribution >= 0.6 is 0 Å². The van der Waals surface area contributed by atoms with Crippen LogP contribution in [0.15, 0.2) is 0 Å². The SMILES string of the molecule is CC(O)(CNC(=O)NCC1CCCO1)C(=O)O. The molecular weight excluding hydrogens is 228 g/mol. The van der Waals surface area contributed by atoms with Gasteiger partial charge in [0.25, 0.3) is 0 Å². The van der Waals surface area contributed by atoms with E-state index < -0.39 is 17.6 Å². The first-order valence-corrected chi connectivity index (χ1v) is 5.51. The zero-order valence-electron chi connectivity index (χ0n) is 9.73. The maximum atomic E-state index is 11.3. The van der Waals surface area contributed by atoms with Gasteiger partial charge in [0.1, 0.15) is 0 Å². The number of carbonyl (C=O) groups excluding carboxylic acids is 1. The van der Waals surface area contributed by atoms with Crippen molar-refractivity contribution < 1.29 is 24.5 Å². The minimum Gasteiger partial charge on any atom is -0.479 e. The molecule has 4 N–H and O–H groups in total. The van der Waals surface area contributed by atoms with E-state index in [1.807, 2.05) is 0 Å². The number of nitrogens with one attached hydrogen (secondary N) is 2. The molecule has 98 valence electrons. The van der Waals surface area contributed by atoms with Crippen LogP contribution < -0.4 is 10.6 Å². The molecule has 17 heavy (non-hydrogen) atoms. The Labute approximate surface area is 99.1 Å². The van der Waals surface area contributed by atoms with E-state index in [4.69, 9.17) is 9.84 Å². The normalized spacial score (nSPS) is 22.8. The number of carboxylic acid groups (broad SMARTS) is 1. The van der Waals surface area contributed by atoms with Crippen LogP contribution in [0.1, 0.15) is 19.8 Å². The molecule has 0 radical (unpaired) electrons. The minimum atomic E-state index is -1.96. The summed E-state index contributed by atoms with van der Waals surface area (Å²) in [5.41, 5.74) is -1.96. The molecule has 2 atom stereocenters. The Bertz CT molecular complexity index is 286. The van der Waals surface area contributed by atoms with Crippen LogP contribution in [0.25, 0.3) is 0 Å². The summed E-state index contributed by atoms with van der Waals surface area (Å²) in [6.07, 6.45) is 1.93. The highest BCUT2D eigenvalue weighted by Gasteiger charge is 2.30. The second-order valence-electron chi connectivity index (χ2n) is 4.28. The second kappa shape index (κ2) is 5.83. The van der Waals surface area contributed by atoms with Gasteiger partial charge in [0.2, 0.25) is 0 Å². The molecule has 7 heteroatoms. The highest BCUT2D eigenvalue weighted by Crippen LogP contribution is 2.10. The largest absolute Gasteiger partial charge is 0.479 e. The van der Waals surface area contributed by atoms with Crippen molar-refractivity contribution in [3.05, 3.63) is 0 Å². The lowest BCUT2D eigenvalue weighted by Gasteiger charge is -2.19. The Morgan fingerprint density at radius 1 is 1.47 bits per heavy atom. The van der Waals surface area contributed by atoms with Gasteiger partial charge >= 0.3 is 12.0 Å². The fourth-order valence-electron chi connectivity index (χ4n) is 1.40. The first kappa shape index (κ1) is 13.7. The Kier molecular flexibility index (Phi) is 4.71. The third-order valence-electron chi connectivity index (χ3n) is 2.57. The van der Waals surface area contributed by atoms with Crippen LogP contribution in [0.2, 0.25) is 0 Å². The fourth-order valence-corrected chi connectivity index (χ4v) is 1.40. The summed E-state index contributed by atoms with van der Waals surface area (Å²) in [5.74, 6) is -1.38. The molecule has 0 spiro atoms. The fraction of sp³-hybridized carbons (Fsp3) is 0.800. The number of ether oxygens (including phenoxy) is 1. The lowest BCUT2D eigenvalue weighted by atomic mass is 10.1. The van der Waals surface area contributed by atoms with Crippen molar-refractivity contribution in [2.24, 2.45) is 0 Å². The average molecular weight is 246 g/mol. The molecule has 0 aliphatic carbocycles. The number of amides is 2. The van der Waals surface area contributed by atoms with E-state index in [0.717, 1.165) is 19.8 Å². The summed E-state index contributed by atoms with van der Waals surface area (Å²) in [6, 6.07) is -0.512. The van der Waals surface area contributed by atoms with Crippen LogP contribution in [0, 0.1) is 0 Å². The molecule has 1 heterocycles. The molecule has 2 amide bonds. The van der Waals surface area contributed by atoms with Gasteiger partial charge in [-0.3, -0.25) is 0 Å². The molecule has 2 unspecified atom stereocenters. The number of carboxylic acids is 1. The van der Waals surface area contributed by atoms with E-state index >= 15 is 0 Å². The first-order valence-electron chi connectivity index (χ1n) is 5.51. The van der Waals surface area contributed by atoms with E-state index in [1.165, 1.54) is 0 Å². The lowest BCUT2D eigenvalue weighted by Crippen LogP contribution is -2.49. The van der Waals surface area contributed by atoms with E-state index in [2.05, 4.69) is 10.6 Å². The molecule has 7 nitrogen and oxygen atoms in total. The Balaban J connectivity index is 2.18. The van der Waals surface area contributed by atoms with Gasteiger partial charge in [0, 0.05) is 13.2 Å². The van der Waals surface area contributed by atoms with Crippen LogP contribution in [0.5, 0.6) is 0 Å². The summed E-state index contributed by atoms with van der Waals surface area (Å²) in [6.45, 7) is 1.87. The molecule has 0 aromatic carbocycles. The molecule has 0 aromatic rings. The van der Waals surface area contributed by atoms with Crippen molar-refractivity contribution in [1.82, 2.24) is 10.6 Å². The predicted octanol–water partition coefficient (Wildman–Crippen LogP) is -0.700. The van der Waals surface area contributed by atoms with Gasteiger partial charge in [-0.05, 0) is 19.8 Å². The Morgan fingerprint density at radius 2 is 2.18 bits per heavy atom. The molecule has 0 aromatic heterocycles. The van der Waals surface area contributed by atoms with Crippen LogP contribution in [-0.4, -0.2) is 53.6 Å². The molecule has 0 bridgehead atoms. The van der Waals surface area contributed by atoms with Gasteiger partial charge in [0.05, 0.1) is 12.6 Å². The second-order valence-corrected chi connectivity index (χ2v) is 4.28. The number of hydrogen-bond donors (Lipinski definition) is 4. The van der Waals surface area contributed by atoms with Crippen LogP contribution in [-0.2, 0) is 9.53 Å². The first-order chi connectivity index (χ1) is 7.92. The summed E-state index contributed by atoms with van der Waals surface area (Å²) < 4.78 is 5.30. The van der Waals surface area contributed by atoms with Gasteiger partial charge < -0.3 is 25.6 Å². The summed E-state index contributed by atoms with van der Waals surface area (Å²) in [5, 5.41) is 22.8. The van der Waals surface area contributed by atoms with Gasteiger partial charge in [-0.15, -0.1) is 0 Å². The third-order valence-corrected chi connectivity index (χ3v) is 2.57. The van der Waals surface area contributed by atoms with Gasteiger partial charge in [0.15, 0.2) is 5.60 Å². The molecule has 1 saturated heterocycles. The van der Waals surface area contributed by atoms with Crippen molar-refractivity contribution >= 4 is 12.0 Å². The van der Waals surface area contributed by atoms with Gasteiger partial charge in [-0.25, -0.2) is 9.59 Å².